The van der Waals surface area contributed by atoms with Crippen molar-refractivity contribution < 1.29 is 22.4 Å². The molecule has 3 nitrogen and oxygen atoms in total. The first-order valence-corrected chi connectivity index (χ1v) is 6.66. The van der Waals surface area contributed by atoms with Crippen LogP contribution in [0.25, 0.3) is 10.6 Å². The summed E-state index contributed by atoms with van der Waals surface area (Å²) in [6, 6.07) is 5.47. The van der Waals surface area contributed by atoms with Crippen molar-refractivity contribution in [3.63, 3.8) is 0 Å². The molecule has 2 rings (SSSR count). The van der Waals surface area contributed by atoms with E-state index in [4.69, 9.17) is 0 Å². The van der Waals surface area contributed by atoms with E-state index in [0.717, 1.165) is 11.3 Å². The lowest BCUT2D eigenvalue weighted by Gasteiger charge is -2.07. The second kappa shape index (κ2) is 5.80. The average Bonchev–Trinajstić information content (AvgIpc) is 2.78. The van der Waals surface area contributed by atoms with E-state index in [0.29, 0.717) is 16.3 Å². The molecular formula is C13H10F4N2OS. The Labute approximate surface area is 121 Å². The molecule has 0 aliphatic carbocycles. The molecule has 21 heavy (non-hydrogen) atoms. The maximum absolute atomic E-state index is 12.8. The van der Waals surface area contributed by atoms with Crippen molar-refractivity contribution in [2.24, 2.45) is 0 Å². The first kappa shape index (κ1) is 15.4. The minimum Gasteiger partial charge on any atom is -0.342 e. The summed E-state index contributed by atoms with van der Waals surface area (Å²) in [7, 11) is 0. The number of aromatic nitrogens is 1. The first-order chi connectivity index (χ1) is 9.76. The maximum atomic E-state index is 12.8. The summed E-state index contributed by atoms with van der Waals surface area (Å²) >= 11 is 0.964. The number of benzene rings is 1. The zero-order valence-corrected chi connectivity index (χ0v) is 11.6. The van der Waals surface area contributed by atoms with E-state index in [-0.39, 0.29) is 4.88 Å². The molecule has 0 fully saturated rings. The van der Waals surface area contributed by atoms with Gasteiger partial charge in [-0.25, -0.2) is 9.37 Å². The summed E-state index contributed by atoms with van der Waals surface area (Å²) in [5.41, 5.74) is 0.929. The predicted molar refractivity (Wildman–Crippen MR) is 70.6 cm³/mol. The van der Waals surface area contributed by atoms with Crippen LogP contribution in [0.3, 0.4) is 0 Å². The molecule has 0 saturated carbocycles. The van der Waals surface area contributed by atoms with Gasteiger partial charge in [-0.1, -0.05) is 0 Å². The van der Waals surface area contributed by atoms with Crippen LogP contribution in [0.5, 0.6) is 0 Å². The van der Waals surface area contributed by atoms with Crippen LogP contribution in [-0.4, -0.2) is 23.6 Å². The van der Waals surface area contributed by atoms with Gasteiger partial charge in [0.25, 0.3) is 5.91 Å². The Morgan fingerprint density at radius 2 is 1.90 bits per heavy atom. The molecule has 0 atom stereocenters. The number of aryl methyl sites for hydroxylation is 1. The van der Waals surface area contributed by atoms with Gasteiger partial charge in [-0.2, -0.15) is 13.2 Å². The van der Waals surface area contributed by atoms with Crippen LogP contribution in [0.4, 0.5) is 17.6 Å². The van der Waals surface area contributed by atoms with Crippen LogP contribution >= 0.6 is 11.3 Å². The Kier molecular flexibility index (Phi) is 4.26. The summed E-state index contributed by atoms with van der Waals surface area (Å²) in [4.78, 5) is 16.0. The number of rotatable bonds is 3. The number of thiazole rings is 1. The van der Waals surface area contributed by atoms with E-state index in [1.807, 2.05) is 0 Å². The minimum absolute atomic E-state index is 0.110. The quantitative estimate of drug-likeness (QED) is 0.880. The second-order valence-electron chi connectivity index (χ2n) is 4.24. The van der Waals surface area contributed by atoms with Crippen molar-refractivity contribution in [2.75, 3.05) is 6.54 Å². The lowest BCUT2D eigenvalue weighted by atomic mass is 10.2. The number of hydrogen-bond donors (Lipinski definition) is 1. The van der Waals surface area contributed by atoms with Gasteiger partial charge in [0.15, 0.2) is 0 Å². The van der Waals surface area contributed by atoms with Gasteiger partial charge in [0.05, 0.1) is 5.69 Å². The lowest BCUT2D eigenvalue weighted by Crippen LogP contribution is -2.33. The Morgan fingerprint density at radius 1 is 1.29 bits per heavy atom. The fourth-order valence-electron chi connectivity index (χ4n) is 1.58. The Hall–Kier alpha value is -1.96. The monoisotopic (exact) mass is 318 g/mol. The van der Waals surface area contributed by atoms with Crippen molar-refractivity contribution in [2.45, 2.75) is 13.1 Å². The van der Waals surface area contributed by atoms with Gasteiger partial charge >= 0.3 is 6.18 Å². The number of carbonyl (C=O) groups is 1. The van der Waals surface area contributed by atoms with E-state index >= 15 is 0 Å². The molecule has 1 amide bonds. The first-order valence-electron chi connectivity index (χ1n) is 5.84. The van der Waals surface area contributed by atoms with Crippen LogP contribution in [-0.2, 0) is 0 Å². The summed E-state index contributed by atoms with van der Waals surface area (Å²) in [5, 5.41) is 2.25. The van der Waals surface area contributed by atoms with Gasteiger partial charge in [-0.15, -0.1) is 11.3 Å². The molecule has 1 heterocycles. The third-order valence-electron chi connectivity index (χ3n) is 2.54. The molecule has 2 aromatic rings. The SMILES string of the molecule is Cc1nc(-c2ccc(F)cc2)sc1C(=O)NCC(F)(F)F. The van der Waals surface area contributed by atoms with E-state index in [1.54, 1.807) is 5.32 Å². The summed E-state index contributed by atoms with van der Waals surface area (Å²) in [5.74, 6) is -1.23. The van der Waals surface area contributed by atoms with Gasteiger partial charge < -0.3 is 5.32 Å². The topological polar surface area (TPSA) is 42.0 Å². The zero-order chi connectivity index (χ0) is 15.6. The molecule has 0 aliphatic heterocycles. The summed E-state index contributed by atoms with van der Waals surface area (Å²) in [6.07, 6.45) is -4.46. The average molecular weight is 318 g/mol. The Balaban J connectivity index is 2.19. The number of amides is 1. The number of nitrogens with zero attached hydrogens (tertiary/aromatic N) is 1. The Morgan fingerprint density at radius 3 is 2.48 bits per heavy atom. The number of hydrogen-bond acceptors (Lipinski definition) is 3. The van der Waals surface area contributed by atoms with Crippen LogP contribution in [0.2, 0.25) is 0 Å². The normalized spacial score (nSPS) is 11.5. The highest BCUT2D eigenvalue weighted by Crippen LogP contribution is 2.28. The van der Waals surface area contributed by atoms with Gasteiger partial charge in [0, 0.05) is 5.56 Å². The highest BCUT2D eigenvalue weighted by atomic mass is 32.1. The molecule has 0 aliphatic rings. The molecule has 112 valence electrons. The van der Waals surface area contributed by atoms with E-state index in [2.05, 4.69) is 4.98 Å². The van der Waals surface area contributed by atoms with Gasteiger partial charge in [-0.3, -0.25) is 4.79 Å². The number of carbonyl (C=O) groups excluding carboxylic acids is 1. The van der Waals surface area contributed by atoms with Crippen LogP contribution in [0.15, 0.2) is 24.3 Å². The van der Waals surface area contributed by atoms with Gasteiger partial charge in [0.2, 0.25) is 0 Å². The summed E-state index contributed by atoms with van der Waals surface area (Å²) < 4.78 is 49.1. The minimum atomic E-state index is -4.46. The third-order valence-corrected chi connectivity index (χ3v) is 3.75. The van der Waals surface area contributed by atoms with Crippen LogP contribution < -0.4 is 5.32 Å². The molecule has 8 heteroatoms. The van der Waals surface area contributed by atoms with Crippen molar-refractivity contribution in [3.05, 3.63) is 40.7 Å². The highest BCUT2D eigenvalue weighted by Gasteiger charge is 2.28. The van der Waals surface area contributed by atoms with Crippen molar-refractivity contribution in [1.29, 1.82) is 0 Å². The molecule has 0 saturated heterocycles. The standard InChI is InChI=1S/C13H10F4N2OS/c1-7-10(11(20)18-6-13(15,16)17)21-12(19-7)8-2-4-9(14)5-3-8/h2-5H,6H2,1H3,(H,18,20). The molecule has 1 N–H and O–H groups in total. The fourth-order valence-corrected chi connectivity index (χ4v) is 2.57. The summed E-state index contributed by atoms with van der Waals surface area (Å²) in [6.45, 7) is 0.140. The number of nitrogens with one attached hydrogen (secondary N) is 1. The maximum Gasteiger partial charge on any atom is 0.405 e. The largest absolute Gasteiger partial charge is 0.405 e. The van der Waals surface area contributed by atoms with Crippen molar-refractivity contribution in [1.82, 2.24) is 10.3 Å². The molecule has 0 unspecified atom stereocenters. The van der Waals surface area contributed by atoms with E-state index in [1.165, 1.54) is 31.2 Å². The third kappa shape index (κ3) is 4.01. The lowest BCUT2D eigenvalue weighted by molar-refractivity contribution is -0.123. The van der Waals surface area contributed by atoms with Crippen LogP contribution in [0, 0.1) is 12.7 Å². The molecule has 0 spiro atoms. The van der Waals surface area contributed by atoms with Crippen LogP contribution in [0.1, 0.15) is 15.4 Å². The highest BCUT2D eigenvalue weighted by molar-refractivity contribution is 7.17. The predicted octanol–water partition coefficient (Wildman–Crippen LogP) is 3.55. The van der Waals surface area contributed by atoms with Gasteiger partial charge in [-0.05, 0) is 31.2 Å². The number of alkyl halides is 3. The molecule has 0 radical (unpaired) electrons. The Bertz CT molecular complexity index is 649. The fraction of sp³-hybridized carbons (Fsp3) is 0.231. The van der Waals surface area contributed by atoms with E-state index < -0.39 is 24.4 Å². The second-order valence-corrected chi connectivity index (χ2v) is 5.24. The molecular weight excluding hydrogens is 308 g/mol. The van der Waals surface area contributed by atoms with E-state index in [9.17, 15) is 22.4 Å². The molecule has 0 bridgehead atoms. The zero-order valence-electron chi connectivity index (χ0n) is 10.8. The smallest absolute Gasteiger partial charge is 0.342 e. The molecule has 1 aromatic heterocycles. The van der Waals surface area contributed by atoms with Gasteiger partial charge in [0.1, 0.15) is 22.2 Å². The van der Waals surface area contributed by atoms with Crippen molar-refractivity contribution >= 4 is 17.2 Å². The number of halogens is 4. The molecule has 1 aromatic carbocycles. The van der Waals surface area contributed by atoms with Crippen molar-refractivity contribution in [3.8, 4) is 10.6 Å².